The van der Waals surface area contributed by atoms with Crippen LogP contribution in [0.4, 0.5) is 0 Å². The van der Waals surface area contributed by atoms with E-state index in [0.29, 0.717) is 0 Å². The maximum Gasteiger partial charge on any atom is 0.243 e. The lowest BCUT2D eigenvalue weighted by atomic mass is 10.2. The first-order valence-electron chi connectivity index (χ1n) is 8.58. The molecule has 0 unspecified atom stereocenters. The highest BCUT2D eigenvalue weighted by molar-refractivity contribution is 7.99. The molecule has 3 fully saturated rings. The molecule has 3 rings (SSSR count). The Morgan fingerprint density at radius 2 is 1.74 bits per heavy atom. The summed E-state index contributed by atoms with van der Waals surface area (Å²) in [4.78, 5) is 41.7. The second kappa shape index (κ2) is 7.66. The fraction of sp³-hybridized carbons (Fsp3) is 0.812. The highest BCUT2D eigenvalue weighted by Crippen LogP contribution is 2.20. The highest BCUT2D eigenvalue weighted by Gasteiger charge is 2.34. The third-order valence-corrected chi connectivity index (χ3v) is 6.07. The predicted octanol–water partition coefficient (Wildman–Crippen LogP) is 0.565. The Hall–Kier alpha value is -1.08. The second-order valence-corrected chi connectivity index (χ2v) is 7.70. The summed E-state index contributed by atoms with van der Waals surface area (Å²) in [6.07, 6.45) is 3.96. The molecule has 0 bridgehead atoms. The fourth-order valence-corrected chi connectivity index (χ4v) is 4.65. The van der Waals surface area contributed by atoms with Crippen LogP contribution in [0.5, 0.6) is 0 Å². The maximum atomic E-state index is 12.7. The van der Waals surface area contributed by atoms with E-state index in [0.717, 1.165) is 49.0 Å². The molecule has 0 aromatic carbocycles. The molecular weight excluding hydrogens is 314 g/mol. The summed E-state index contributed by atoms with van der Waals surface area (Å²) in [5.41, 5.74) is 0. The van der Waals surface area contributed by atoms with Gasteiger partial charge in [0.15, 0.2) is 0 Å². The Balaban J connectivity index is 1.64. The second-order valence-electron chi connectivity index (χ2n) is 6.55. The lowest BCUT2D eigenvalue weighted by molar-refractivity contribution is -0.146. The molecule has 128 valence electrons. The summed E-state index contributed by atoms with van der Waals surface area (Å²) in [7, 11) is 0. The Bertz CT molecular complexity index is 463. The fourth-order valence-electron chi connectivity index (χ4n) is 3.60. The smallest absolute Gasteiger partial charge is 0.243 e. The van der Waals surface area contributed by atoms with Gasteiger partial charge in [0.2, 0.25) is 17.7 Å². The SMILES string of the molecule is O=C1CCC(=O)N1CC(=O)N1CCCSC[C@H]1CN1CCCC1. The van der Waals surface area contributed by atoms with Crippen molar-refractivity contribution in [1.29, 1.82) is 0 Å². The Morgan fingerprint density at radius 1 is 1.04 bits per heavy atom. The molecule has 0 radical (unpaired) electrons. The average Bonchev–Trinajstić information content (AvgIpc) is 3.07. The number of hydrogen-bond donors (Lipinski definition) is 0. The Labute approximate surface area is 141 Å². The van der Waals surface area contributed by atoms with Crippen LogP contribution >= 0.6 is 11.8 Å². The van der Waals surface area contributed by atoms with E-state index in [1.807, 2.05) is 16.7 Å². The largest absolute Gasteiger partial charge is 0.336 e. The van der Waals surface area contributed by atoms with Crippen LogP contribution in [0.25, 0.3) is 0 Å². The summed E-state index contributed by atoms with van der Waals surface area (Å²) in [5, 5.41) is 0. The van der Waals surface area contributed by atoms with Crippen molar-refractivity contribution in [3.05, 3.63) is 0 Å². The lowest BCUT2D eigenvalue weighted by Crippen LogP contribution is -2.51. The van der Waals surface area contributed by atoms with Gasteiger partial charge in [-0.15, -0.1) is 0 Å². The monoisotopic (exact) mass is 339 g/mol. The standard InChI is InChI=1S/C16H25N3O3S/c20-14-4-5-15(21)19(14)11-16(22)18-8-3-9-23-12-13(18)10-17-6-1-2-7-17/h13H,1-12H2/t13-/m1/s1. The minimum atomic E-state index is -0.205. The van der Waals surface area contributed by atoms with Gasteiger partial charge in [-0.3, -0.25) is 19.3 Å². The number of thioether (sulfide) groups is 1. The van der Waals surface area contributed by atoms with Gasteiger partial charge >= 0.3 is 0 Å². The van der Waals surface area contributed by atoms with Gasteiger partial charge in [0.05, 0.1) is 6.04 Å². The molecule has 0 spiro atoms. The molecule has 0 aromatic heterocycles. The topological polar surface area (TPSA) is 60.9 Å². The molecule has 3 heterocycles. The van der Waals surface area contributed by atoms with Crippen LogP contribution in [0.15, 0.2) is 0 Å². The van der Waals surface area contributed by atoms with Gasteiger partial charge < -0.3 is 9.80 Å². The summed E-state index contributed by atoms with van der Waals surface area (Å²) < 4.78 is 0. The molecule has 0 N–H and O–H groups in total. The molecule has 3 aliphatic rings. The third kappa shape index (κ3) is 4.07. The zero-order valence-corrected chi connectivity index (χ0v) is 14.4. The molecule has 7 heteroatoms. The summed E-state index contributed by atoms with van der Waals surface area (Å²) in [6.45, 7) is 3.82. The van der Waals surface area contributed by atoms with Gasteiger partial charge in [-0.2, -0.15) is 11.8 Å². The van der Waals surface area contributed by atoms with Crippen molar-refractivity contribution in [3.8, 4) is 0 Å². The molecule has 0 aromatic rings. The van der Waals surface area contributed by atoms with Gasteiger partial charge in [-0.25, -0.2) is 0 Å². The lowest BCUT2D eigenvalue weighted by Gasteiger charge is -2.33. The number of imide groups is 1. The number of rotatable bonds is 4. The highest BCUT2D eigenvalue weighted by atomic mass is 32.2. The van der Waals surface area contributed by atoms with Crippen LogP contribution in [0, 0.1) is 0 Å². The molecule has 23 heavy (non-hydrogen) atoms. The van der Waals surface area contributed by atoms with Gasteiger partial charge in [-0.05, 0) is 38.1 Å². The number of carbonyl (C=O) groups is 3. The summed E-state index contributed by atoms with van der Waals surface area (Å²) in [5.74, 6) is 1.54. The Kier molecular flexibility index (Phi) is 5.58. The zero-order chi connectivity index (χ0) is 16.2. The third-order valence-electron chi connectivity index (χ3n) is 4.87. The van der Waals surface area contributed by atoms with Crippen LogP contribution in [0.1, 0.15) is 32.1 Å². The first-order valence-corrected chi connectivity index (χ1v) is 9.73. The average molecular weight is 339 g/mol. The van der Waals surface area contributed by atoms with E-state index in [9.17, 15) is 14.4 Å². The van der Waals surface area contributed by atoms with Crippen molar-refractivity contribution in [2.45, 2.75) is 38.1 Å². The number of amides is 3. The minimum absolute atomic E-state index is 0.0692. The molecule has 3 amide bonds. The van der Waals surface area contributed by atoms with Crippen LogP contribution in [0.3, 0.4) is 0 Å². The van der Waals surface area contributed by atoms with E-state index in [1.54, 1.807) is 0 Å². The van der Waals surface area contributed by atoms with Crippen molar-refractivity contribution in [1.82, 2.24) is 14.7 Å². The van der Waals surface area contributed by atoms with Crippen molar-refractivity contribution in [2.75, 3.05) is 44.2 Å². The van der Waals surface area contributed by atoms with Crippen molar-refractivity contribution in [3.63, 3.8) is 0 Å². The van der Waals surface area contributed by atoms with Crippen LogP contribution in [0.2, 0.25) is 0 Å². The van der Waals surface area contributed by atoms with Crippen LogP contribution in [-0.2, 0) is 14.4 Å². The van der Waals surface area contributed by atoms with E-state index >= 15 is 0 Å². The molecule has 0 saturated carbocycles. The summed E-state index contributed by atoms with van der Waals surface area (Å²) >= 11 is 1.90. The van der Waals surface area contributed by atoms with Gasteiger partial charge in [0.1, 0.15) is 6.54 Å². The number of carbonyl (C=O) groups excluding carboxylic acids is 3. The van der Waals surface area contributed by atoms with E-state index in [1.165, 1.54) is 12.8 Å². The Morgan fingerprint density at radius 3 is 2.43 bits per heavy atom. The molecule has 3 saturated heterocycles. The number of nitrogens with zero attached hydrogens (tertiary/aromatic N) is 3. The van der Waals surface area contributed by atoms with Gasteiger partial charge in [0.25, 0.3) is 0 Å². The molecule has 6 nitrogen and oxygen atoms in total. The van der Waals surface area contributed by atoms with Crippen LogP contribution < -0.4 is 0 Å². The molecule has 0 aliphatic carbocycles. The maximum absolute atomic E-state index is 12.7. The quantitative estimate of drug-likeness (QED) is 0.701. The van der Waals surface area contributed by atoms with Crippen molar-refractivity contribution in [2.24, 2.45) is 0 Å². The summed E-state index contributed by atoms with van der Waals surface area (Å²) in [6, 6.07) is 0.195. The molecule has 1 atom stereocenters. The van der Waals surface area contributed by atoms with E-state index < -0.39 is 0 Å². The van der Waals surface area contributed by atoms with Crippen LogP contribution in [-0.4, -0.2) is 82.7 Å². The normalized spacial score (nSPS) is 26.9. The van der Waals surface area contributed by atoms with E-state index in [4.69, 9.17) is 0 Å². The van der Waals surface area contributed by atoms with Gasteiger partial charge in [-0.1, -0.05) is 0 Å². The van der Waals surface area contributed by atoms with E-state index in [2.05, 4.69) is 4.90 Å². The molecule has 3 aliphatic heterocycles. The number of hydrogen-bond acceptors (Lipinski definition) is 5. The predicted molar refractivity (Wildman–Crippen MR) is 89.1 cm³/mol. The zero-order valence-electron chi connectivity index (χ0n) is 13.5. The minimum Gasteiger partial charge on any atom is -0.336 e. The van der Waals surface area contributed by atoms with Crippen molar-refractivity contribution >= 4 is 29.5 Å². The number of likely N-dealkylation sites (tertiary alicyclic amines) is 2. The molecular formula is C16H25N3O3S. The van der Waals surface area contributed by atoms with E-state index in [-0.39, 0.29) is 43.1 Å². The van der Waals surface area contributed by atoms with Gasteiger partial charge in [0, 0.05) is 31.7 Å². The first-order chi connectivity index (χ1) is 11.1. The first kappa shape index (κ1) is 16.8. The van der Waals surface area contributed by atoms with Crippen molar-refractivity contribution < 1.29 is 14.4 Å².